The van der Waals surface area contributed by atoms with E-state index in [1.54, 1.807) is 29.1 Å². The number of anilines is 1. The van der Waals surface area contributed by atoms with Crippen LogP contribution in [0, 0.1) is 0 Å². The number of carbonyl (C=O) groups is 2. The minimum atomic E-state index is -0.945. The van der Waals surface area contributed by atoms with Crippen molar-refractivity contribution in [1.29, 1.82) is 0 Å². The van der Waals surface area contributed by atoms with Crippen molar-refractivity contribution in [2.45, 2.75) is 19.5 Å². The molecule has 1 aromatic carbocycles. The van der Waals surface area contributed by atoms with Crippen molar-refractivity contribution in [3.8, 4) is 0 Å². The van der Waals surface area contributed by atoms with E-state index in [1.165, 1.54) is 17.1 Å². The van der Waals surface area contributed by atoms with E-state index in [1.807, 2.05) is 0 Å². The standard InChI is InChI=1S/C17H14Cl3N5O3/c18-12-2-1-10(13(19)5-12)7-25-9-14(20)16(23-25)22-17(28)11-6-21-24(8-11)4-3-15(26)27/h1-2,5-6,8-9H,3-4,7H2,(H,26,27)(H,22,23,28). The molecule has 3 rings (SSSR count). The number of benzene rings is 1. The van der Waals surface area contributed by atoms with Gasteiger partial charge in [-0.05, 0) is 17.7 Å². The highest BCUT2D eigenvalue weighted by Gasteiger charge is 2.15. The normalized spacial score (nSPS) is 10.8. The van der Waals surface area contributed by atoms with Gasteiger partial charge in [-0.15, -0.1) is 0 Å². The Morgan fingerprint density at radius 3 is 2.61 bits per heavy atom. The van der Waals surface area contributed by atoms with Gasteiger partial charge in [0.25, 0.3) is 5.91 Å². The summed E-state index contributed by atoms with van der Waals surface area (Å²) in [5.74, 6) is -1.21. The Labute approximate surface area is 174 Å². The molecule has 8 nitrogen and oxygen atoms in total. The lowest BCUT2D eigenvalue weighted by Gasteiger charge is -2.05. The molecule has 2 aromatic heterocycles. The van der Waals surface area contributed by atoms with Crippen LogP contribution in [0.5, 0.6) is 0 Å². The van der Waals surface area contributed by atoms with Crippen molar-refractivity contribution in [3.05, 3.63) is 63.0 Å². The number of nitrogens with zero attached hydrogens (tertiary/aromatic N) is 4. The van der Waals surface area contributed by atoms with Crippen LogP contribution in [0.1, 0.15) is 22.3 Å². The first-order valence-electron chi connectivity index (χ1n) is 8.04. The second-order valence-corrected chi connectivity index (χ2v) is 7.10. The van der Waals surface area contributed by atoms with Crippen molar-refractivity contribution in [2.75, 3.05) is 5.32 Å². The highest BCUT2D eigenvalue weighted by Crippen LogP contribution is 2.24. The lowest BCUT2D eigenvalue weighted by Crippen LogP contribution is -2.12. The number of carbonyl (C=O) groups excluding carboxylic acids is 1. The number of carboxylic acid groups (broad SMARTS) is 1. The van der Waals surface area contributed by atoms with E-state index in [-0.39, 0.29) is 29.4 Å². The van der Waals surface area contributed by atoms with Gasteiger partial charge in [0.1, 0.15) is 5.02 Å². The van der Waals surface area contributed by atoms with E-state index in [0.29, 0.717) is 16.6 Å². The number of rotatable bonds is 7. The summed E-state index contributed by atoms with van der Waals surface area (Å²) in [5, 5.41) is 20.8. The van der Waals surface area contributed by atoms with Crippen molar-refractivity contribution >= 4 is 52.5 Å². The molecule has 3 aromatic rings. The highest BCUT2D eigenvalue weighted by molar-refractivity contribution is 6.35. The summed E-state index contributed by atoms with van der Waals surface area (Å²) < 4.78 is 2.93. The fourth-order valence-corrected chi connectivity index (χ4v) is 3.05. The number of nitrogens with one attached hydrogen (secondary N) is 1. The number of amides is 1. The molecule has 0 unspecified atom stereocenters. The first-order valence-corrected chi connectivity index (χ1v) is 9.17. The molecule has 11 heteroatoms. The summed E-state index contributed by atoms with van der Waals surface area (Å²) in [4.78, 5) is 23.0. The van der Waals surface area contributed by atoms with Crippen molar-refractivity contribution in [2.24, 2.45) is 0 Å². The molecule has 0 saturated carbocycles. The number of aliphatic carboxylic acids is 1. The molecule has 0 aliphatic rings. The molecule has 146 valence electrons. The average Bonchev–Trinajstić information content (AvgIpc) is 3.23. The summed E-state index contributed by atoms with van der Waals surface area (Å²) in [6.45, 7) is 0.512. The molecule has 0 aliphatic heterocycles. The fraction of sp³-hybridized carbons (Fsp3) is 0.176. The Bertz CT molecular complexity index is 1030. The minimum Gasteiger partial charge on any atom is -0.481 e. The largest absolute Gasteiger partial charge is 0.481 e. The average molecular weight is 443 g/mol. The highest BCUT2D eigenvalue weighted by atomic mass is 35.5. The van der Waals surface area contributed by atoms with Crippen LogP contribution >= 0.6 is 34.8 Å². The lowest BCUT2D eigenvalue weighted by molar-refractivity contribution is -0.137. The Kier molecular flexibility index (Phi) is 6.23. The van der Waals surface area contributed by atoms with Gasteiger partial charge in [0.15, 0.2) is 5.82 Å². The number of aromatic nitrogens is 4. The van der Waals surface area contributed by atoms with Gasteiger partial charge in [0.2, 0.25) is 0 Å². The molecule has 28 heavy (non-hydrogen) atoms. The zero-order valence-electron chi connectivity index (χ0n) is 14.3. The van der Waals surface area contributed by atoms with Gasteiger partial charge in [-0.25, -0.2) is 0 Å². The van der Waals surface area contributed by atoms with Crippen LogP contribution < -0.4 is 5.32 Å². The van der Waals surface area contributed by atoms with Gasteiger partial charge >= 0.3 is 5.97 Å². The predicted molar refractivity (Wildman–Crippen MR) is 105 cm³/mol. The van der Waals surface area contributed by atoms with Crippen LogP contribution in [0.15, 0.2) is 36.8 Å². The smallest absolute Gasteiger partial charge is 0.305 e. The molecular weight excluding hydrogens is 429 g/mol. The van der Waals surface area contributed by atoms with E-state index < -0.39 is 11.9 Å². The van der Waals surface area contributed by atoms with Gasteiger partial charge in [0, 0.05) is 22.4 Å². The van der Waals surface area contributed by atoms with E-state index in [2.05, 4.69) is 15.5 Å². The number of halogens is 3. The summed E-state index contributed by atoms with van der Waals surface area (Å²) in [5.41, 5.74) is 1.06. The van der Waals surface area contributed by atoms with Crippen molar-refractivity contribution < 1.29 is 14.7 Å². The predicted octanol–water partition coefficient (Wildman–Crippen LogP) is 3.82. The van der Waals surface area contributed by atoms with E-state index in [4.69, 9.17) is 39.9 Å². The quantitative estimate of drug-likeness (QED) is 0.579. The van der Waals surface area contributed by atoms with Gasteiger partial charge < -0.3 is 10.4 Å². The molecule has 0 aliphatic carbocycles. The molecule has 0 bridgehead atoms. The van der Waals surface area contributed by atoms with Crippen LogP contribution in [0.25, 0.3) is 0 Å². The molecule has 0 fully saturated rings. The van der Waals surface area contributed by atoms with E-state index in [9.17, 15) is 9.59 Å². The Balaban J connectivity index is 1.68. The summed E-state index contributed by atoms with van der Waals surface area (Å²) in [6, 6.07) is 5.14. The molecule has 0 radical (unpaired) electrons. The second kappa shape index (κ2) is 8.64. The van der Waals surface area contributed by atoms with E-state index in [0.717, 1.165) is 5.56 Å². The van der Waals surface area contributed by atoms with Crippen LogP contribution in [-0.2, 0) is 17.9 Å². The Morgan fingerprint density at radius 2 is 1.89 bits per heavy atom. The summed E-state index contributed by atoms with van der Waals surface area (Å²) in [7, 11) is 0. The van der Waals surface area contributed by atoms with Crippen LogP contribution in [-0.4, -0.2) is 36.5 Å². The third-order valence-electron chi connectivity index (χ3n) is 3.75. The van der Waals surface area contributed by atoms with Crippen LogP contribution in [0.3, 0.4) is 0 Å². The molecule has 0 atom stereocenters. The number of aryl methyl sites for hydroxylation is 1. The number of carboxylic acids is 1. The Hall–Kier alpha value is -2.55. The number of hydrogen-bond donors (Lipinski definition) is 2. The second-order valence-electron chi connectivity index (χ2n) is 5.85. The van der Waals surface area contributed by atoms with Crippen molar-refractivity contribution in [1.82, 2.24) is 19.6 Å². The maximum atomic E-state index is 12.4. The van der Waals surface area contributed by atoms with Gasteiger partial charge in [-0.2, -0.15) is 10.2 Å². The van der Waals surface area contributed by atoms with Gasteiger partial charge in [-0.1, -0.05) is 40.9 Å². The first kappa shape index (κ1) is 20.2. The van der Waals surface area contributed by atoms with Gasteiger partial charge in [0.05, 0.1) is 31.3 Å². The maximum absolute atomic E-state index is 12.4. The summed E-state index contributed by atoms with van der Waals surface area (Å²) >= 11 is 18.2. The molecule has 0 spiro atoms. The monoisotopic (exact) mass is 441 g/mol. The zero-order chi connectivity index (χ0) is 20.3. The maximum Gasteiger partial charge on any atom is 0.305 e. The fourth-order valence-electron chi connectivity index (χ4n) is 2.38. The lowest BCUT2D eigenvalue weighted by atomic mass is 10.2. The molecule has 1 amide bonds. The molecule has 2 heterocycles. The first-order chi connectivity index (χ1) is 13.3. The van der Waals surface area contributed by atoms with Gasteiger partial charge in [-0.3, -0.25) is 19.0 Å². The Morgan fingerprint density at radius 1 is 1.11 bits per heavy atom. The minimum absolute atomic E-state index is 0.0910. The van der Waals surface area contributed by atoms with Crippen LogP contribution in [0.4, 0.5) is 5.82 Å². The zero-order valence-corrected chi connectivity index (χ0v) is 16.5. The van der Waals surface area contributed by atoms with Crippen molar-refractivity contribution in [3.63, 3.8) is 0 Å². The van der Waals surface area contributed by atoms with Crippen LogP contribution in [0.2, 0.25) is 15.1 Å². The third-order valence-corrected chi connectivity index (χ3v) is 4.61. The summed E-state index contributed by atoms with van der Waals surface area (Å²) in [6.07, 6.45) is 4.27. The van der Waals surface area contributed by atoms with E-state index >= 15 is 0 Å². The molecular formula is C17H14Cl3N5O3. The SMILES string of the molecule is O=C(O)CCn1cc(C(=O)Nc2nn(Cc3ccc(Cl)cc3Cl)cc2Cl)cn1. The molecule has 0 saturated heterocycles. The number of hydrogen-bond acceptors (Lipinski definition) is 4. The molecule has 2 N–H and O–H groups in total. The third kappa shape index (κ3) is 5.03. The topological polar surface area (TPSA) is 102 Å².